The van der Waals surface area contributed by atoms with Crippen molar-refractivity contribution in [1.29, 1.82) is 0 Å². The lowest BCUT2D eigenvalue weighted by atomic mass is 9.98. The van der Waals surface area contributed by atoms with E-state index in [9.17, 15) is 0 Å². The first-order chi connectivity index (χ1) is 10.3. The van der Waals surface area contributed by atoms with Crippen molar-refractivity contribution < 1.29 is 0 Å². The van der Waals surface area contributed by atoms with E-state index in [-0.39, 0.29) is 0 Å². The summed E-state index contributed by atoms with van der Waals surface area (Å²) in [5.41, 5.74) is 5.27. The highest BCUT2D eigenvalue weighted by atomic mass is 14.0. The van der Waals surface area contributed by atoms with Crippen LogP contribution in [0.15, 0.2) is 84.5 Å². The lowest BCUT2D eigenvalue weighted by molar-refractivity contribution is 1.22. The molecule has 0 heteroatoms. The lowest BCUT2D eigenvalue weighted by Gasteiger charge is -2.07. The van der Waals surface area contributed by atoms with Crippen molar-refractivity contribution in [2.24, 2.45) is 0 Å². The minimum atomic E-state index is 0.986. The topological polar surface area (TPSA) is 0 Å². The van der Waals surface area contributed by atoms with Crippen molar-refractivity contribution in [2.75, 3.05) is 0 Å². The second-order valence-electron chi connectivity index (χ2n) is 5.14. The van der Waals surface area contributed by atoms with Gasteiger partial charge in [0, 0.05) is 0 Å². The summed E-state index contributed by atoms with van der Waals surface area (Å²) in [6.45, 7) is 4.29. The molecule has 2 rings (SSSR count). The molecule has 0 spiro atoms. The smallest absolute Gasteiger partial charge is 0.00641 e. The van der Waals surface area contributed by atoms with Gasteiger partial charge in [-0.05, 0) is 37.0 Å². The van der Waals surface area contributed by atoms with Crippen LogP contribution >= 0.6 is 0 Å². The fourth-order valence-electron chi connectivity index (χ4n) is 2.27. The molecule has 0 fully saturated rings. The van der Waals surface area contributed by atoms with E-state index in [0.29, 0.717) is 0 Å². The van der Waals surface area contributed by atoms with Crippen LogP contribution in [0.4, 0.5) is 0 Å². The molecule has 0 aromatic heterocycles. The monoisotopic (exact) mass is 274 g/mol. The molecule has 106 valence electrons. The molecule has 2 aromatic rings. The van der Waals surface area contributed by atoms with Crippen LogP contribution < -0.4 is 0 Å². The molecule has 0 atom stereocenters. The van der Waals surface area contributed by atoms with E-state index in [1.165, 1.54) is 22.3 Å². The zero-order valence-electron chi connectivity index (χ0n) is 12.8. The van der Waals surface area contributed by atoms with Crippen molar-refractivity contribution in [3.05, 3.63) is 95.6 Å². The van der Waals surface area contributed by atoms with Gasteiger partial charge in [-0.15, -0.1) is 0 Å². The molecular formula is C21H22. The molecule has 0 aliphatic carbocycles. The first-order valence-electron chi connectivity index (χ1n) is 7.39. The van der Waals surface area contributed by atoms with Crippen molar-refractivity contribution in [3.8, 4) is 0 Å². The van der Waals surface area contributed by atoms with Gasteiger partial charge in [0.1, 0.15) is 0 Å². The molecule has 0 heterocycles. The van der Waals surface area contributed by atoms with Crippen LogP contribution in [-0.4, -0.2) is 0 Å². The van der Waals surface area contributed by atoms with Crippen LogP contribution in [0.1, 0.15) is 31.4 Å². The minimum Gasteiger partial charge on any atom is -0.0835 e. The van der Waals surface area contributed by atoms with Crippen LogP contribution in [0.3, 0.4) is 0 Å². The third-order valence-electron chi connectivity index (χ3n) is 3.43. The fraction of sp³-hybridized carbons (Fsp3) is 0.143. The SMILES string of the molecule is C/C=C(\CC(C)=C/C=C/c1ccccc1)c1ccccc1. The Morgan fingerprint density at radius 1 is 0.905 bits per heavy atom. The van der Waals surface area contributed by atoms with Gasteiger partial charge in [-0.1, -0.05) is 90.5 Å². The third kappa shape index (κ3) is 4.92. The second kappa shape index (κ2) is 8.06. The van der Waals surface area contributed by atoms with Crippen LogP contribution in [0.5, 0.6) is 0 Å². The molecule has 0 N–H and O–H groups in total. The summed E-state index contributed by atoms with van der Waals surface area (Å²) >= 11 is 0. The molecular weight excluding hydrogens is 252 g/mol. The lowest BCUT2D eigenvalue weighted by Crippen LogP contribution is -1.85. The van der Waals surface area contributed by atoms with Gasteiger partial charge >= 0.3 is 0 Å². The number of hydrogen-bond acceptors (Lipinski definition) is 0. The summed E-state index contributed by atoms with van der Waals surface area (Å²) in [6, 6.07) is 21.0. The molecule has 2 aromatic carbocycles. The third-order valence-corrected chi connectivity index (χ3v) is 3.43. The van der Waals surface area contributed by atoms with Gasteiger partial charge in [0.25, 0.3) is 0 Å². The Hall–Kier alpha value is -2.34. The van der Waals surface area contributed by atoms with Crippen LogP contribution in [0.25, 0.3) is 11.6 Å². The summed E-state index contributed by atoms with van der Waals surface area (Å²) in [5.74, 6) is 0. The predicted octanol–water partition coefficient (Wildman–Crippen LogP) is 6.14. The van der Waals surface area contributed by atoms with Crippen LogP contribution in [-0.2, 0) is 0 Å². The molecule has 0 radical (unpaired) electrons. The first-order valence-corrected chi connectivity index (χ1v) is 7.39. The number of allylic oxidation sites excluding steroid dienone is 5. The van der Waals surface area contributed by atoms with Gasteiger partial charge in [-0.2, -0.15) is 0 Å². The Kier molecular flexibility index (Phi) is 5.78. The van der Waals surface area contributed by atoms with E-state index in [0.717, 1.165) is 6.42 Å². The highest BCUT2D eigenvalue weighted by molar-refractivity contribution is 5.67. The summed E-state index contributed by atoms with van der Waals surface area (Å²) in [4.78, 5) is 0. The normalized spacial score (nSPS) is 12.9. The van der Waals surface area contributed by atoms with Gasteiger partial charge in [0.2, 0.25) is 0 Å². The van der Waals surface area contributed by atoms with Crippen molar-refractivity contribution in [3.63, 3.8) is 0 Å². The van der Waals surface area contributed by atoms with Gasteiger partial charge in [0.15, 0.2) is 0 Å². The zero-order chi connectivity index (χ0) is 14.9. The quantitative estimate of drug-likeness (QED) is 0.574. The maximum absolute atomic E-state index is 2.20. The Bertz CT molecular complexity index is 628. The highest BCUT2D eigenvalue weighted by Crippen LogP contribution is 2.22. The number of rotatable bonds is 5. The van der Waals surface area contributed by atoms with Gasteiger partial charge in [-0.3, -0.25) is 0 Å². The first kappa shape index (κ1) is 15.1. The molecule has 21 heavy (non-hydrogen) atoms. The van der Waals surface area contributed by atoms with Crippen LogP contribution in [0.2, 0.25) is 0 Å². The van der Waals surface area contributed by atoms with E-state index >= 15 is 0 Å². The van der Waals surface area contributed by atoms with E-state index in [2.05, 4.69) is 92.7 Å². The zero-order valence-corrected chi connectivity index (χ0v) is 12.8. The van der Waals surface area contributed by atoms with E-state index < -0.39 is 0 Å². The largest absolute Gasteiger partial charge is 0.0835 e. The maximum atomic E-state index is 2.20. The van der Waals surface area contributed by atoms with Gasteiger partial charge < -0.3 is 0 Å². The molecule has 0 nitrogen and oxygen atoms in total. The Morgan fingerprint density at radius 3 is 2.14 bits per heavy atom. The van der Waals surface area contributed by atoms with E-state index in [4.69, 9.17) is 0 Å². The van der Waals surface area contributed by atoms with Gasteiger partial charge in [0.05, 0.1) is 0 Å². The molecule has 0 aliphatic heterocycles. The Balaban J connectivity index is 2.02. The number of hydrogen-bond donors (Lipinski definition) is 0. The summed E-state index contributed by atoms with van der Waals surface area (Å²) < 4.78 is 0. The molecule has 0 amide bonds. The van der Waals surface area contributed by atoms with E-state index in [1.54, 1.807) is 0 Å². The molecule has 0 aliphatic rings. The molecule has 0 bridgehead atoms. The Morgan fingerprint density at radius 2 is 1.52 bits per heavy atom. The minimum absolute atomic E-state index is 0.986. The standard InChI is InChI=1S/C21H22/c1-3-20(21-15-8-5-9-16-21)17-18(2)11-10-14-19-12-6-4-7-13-19/h3-16H,17H2,1-2H3/b14-10+,18-11?,20-3+. The highest BCUT2D eigenvalue weighted by Gasteiger charge is 2.00. The van der Waals surface area contributed by atoms with Crippen molar-refractivity contribution >= 4 is 11.6 Å². The average molecular weight is 274 g/mol. The predicted molar refractivity (Wildman–Crippen MR) is 93.9 cm³/mol. The second-order valence-corrected chi connectivity index (χ2v) is 5.14. The molecule has 0 unspecified atom stereocenters. The van der Waals surface area contributed by atoms with Crippen molar-refractivity contribution in [1.82, 2.24) is 0 Å². The molecule has 0 saturated heterocycles. The van der Waals surface area contributed by atoms with Gasteiger partial charge in [-0.25, -0.2) is 0 Å². The fourth-order valence-corrected chi connectivity index (χ4v) is 2.27. The average Bonchev–Trinajstić information content (AvgIpc) is 2.54. The maximum Gasteiger partial charge on any atom is -0.00641 e. The number of benzene rings is 2. The summed E-state index contributed by atoms with van der Waals surface area (Å²) in [7, 11) is 0. The molecule has 0 saturated carbocycles. The Labute approximate surface area is 128 Å². The summed E-state index contributed by atoms with van der Waals surface area (Å²) in [6.07, 6.45) is 9.65. The van der Waals surface area contributed by atoms with Crippen LogP contribution in [0, 0.1) is 0 Å². The van der Waals surface area contributed by atoms with E-state index in [1.807, 2.05) is 6.07 Å². The summed E-state index contributed by atoms with van der Waals surface area (Å²) in [5, 5.41) is 0. The van der Waals surface area contributed by atoms with Crippen molar-refractivity contribution in [2.45, 2.75) is 20.3 Å².